The van der Waals surface area contributed by atoms with Crippen molar-refractivity contribution in [1.29, 1.82) is 0 Å². The van der Waals surface area contributed by atoms with Gasteiger partial charge in [0.1, 0.15) is 5.75 Å². The zero-order valence-electron chi connectivity index (χ0n) is 12.4. The predicted octanol–water partition coefficient (Wildman–Crippen LogP) is 3.74. The largest absolute Gasteiger partial charge is 0.466 e. The third-order valence-corrected chi connectivity index (χ3v) is 3.31. The average molecular weight is 392 g/mol. The van der Waals surface area contributed by atoms with E-state index in [1.165, 1.54) is 25.3 Å². The van der Waals surface area contributed by atoms with Crippen molar-refractivity contribution in [1.82, 2.24) is 5.32 Å². The molecule has 0 aliphatic rings. The summed E-state index contributed by atoms with van der Waals surface area (Å²) in [6.07, 6.45) is 0.0597. The lowest BCUT2D eigenvalue weighted by Crippen LogP contribution is -2.47. The molecule has 128 valence electrons. The zero-order valence-corrected chi connectivity index (χ0v) is 14.7. The van der Waals surface area contributed by atoms with E-state index in [2.05, 4.69) is 10.6 Å². The van der Waals surface area contributed by atoms with Crippen LogP contribution in [0.1, 0.15) is 17.5 Å². The van der Waals surface area contributed by atoms with Crippen LogP contribution in [-0.2, 0) is 4.79 Å². The topological polar surface area (TPSA) is 80.6 Å². The van der Waals surface area contributed by atoms with Crippen LogP contribution in [0.4, 0.5) is 5.69 Å². The smallest absolute Gasteiger partial charge is 0.289 e. The second kappa shape index (κ2) is 7.79. The van der Waals surface area contributed by atoms with Gasteiger partial charge in [0, 0.05) is 18.7 Å². The van der Waals surface area contributed by atoms with E-state index in [1.807, 2.05) is 0 Å². The monoisotopic (exact) mass is 390 g/mol. The average Bonchev–Trinajstić information content (AvgIpc) is 2.99. The molecular formula is C15H13Cl3N2O4. The van der Waals surface area contributed by atoms with Gasteiger partial charge >= 0.3 is 0 Å². The molecule has 1 aromatic carbocycles. The van der Waals surface area contributed by atoms with E-state index >= 15 is 0 Å². The van der Waals surface area contributed by atoms with Crippen LogP contribution >= 0.6 is 34.8 Å². The van der Waals surface area contributed by atoms with Crippen LogP contribution in [0.25, 0.3) is 0 Å². The Balaban J connectivity index is 2.14. The minimum atomic E-state index is -1.94. The zero-order chi connectivity index (χ0) is 17.7. The van der Waals surface area contributed by atoms with Crippen LogP contribution in [-0.4, -0.2) is 21.8 Å². The molecule has 0 fully saturated rings. The summed E-state index contributed by atoms with van der Waals surface area (Å²) in [5.74, 6) is -0.507. The van der Waals surface area contributed by atoms with Crippen LogP contribution < -0.4 is 15.4 Å². The fraction of sp³-hybridized carbons (Fsp3) is 0.200. The van der Waals surface area contributed by atoms with Crippen molar-refractivity contribution in [2.45, 2.75) is 16.9 Å². The molecule has 0 bridgehead atoms. The van der Waals surface area contributed by atoms with Crippen LogP contribution in [0.3, 0.4) is 0 Å². The van der Waals surface area contributed by atoms with E-state index in [0.29, 0.717) is 5.69 Å². The van der Waals surface area contributed by atoms with Crippen LogP contribution in [0.15, 0.2) is 47.1 Å². The number of hydrogen-bond donors (Lipinski definition) is 2. The van der Waals surface area contributed by atoms with Crippen molar-refractivity contribution in [3.8, 4) is 5.75 Å². The molecule has 1 atom stereocenters. The summed E-state index contributed by atoms with van der Waals surface area (Å²) >= 11 is 17.6. The van der Waals surface area contributed by atoms with E-state index in [-0.39, 0.29) is 17.4 Å². The lowest BCUT2D eigenvalue weighted by atomic mass is 10.3. The van der Waals surface area contributed by atoms with Gasteiger partial charge in [-0.2, -0.15) is 0 Å². The minimum Gasteiger partial charge on any atom is -0.466 e. The van der Waals surface area contributed by atoms with Gasteiger partial charge in [0.15, 0.2) is 5.76 Å². The highest BCUT2D eigenvalue weighted by atomic mass is 35.6. The molecule has 0 aliphatic heterocycles. The van der Waals surface area contributed by atoms with Crippen molar-refractivity contribution >= 4 is 52.3 Å². The number of rotatable bonds is 5. The van der Waals surface area contributed by atoms with Gasteiger partial charge in [0.25, 0.3) is 5.91 Å². The van der Waals surface area contributed by atoms with Crippen molar-refractivity contribution in [3.05, 3.63) is 48.4 Å². The molecule has 2 N–H and O–H groups in total. The minimum absolute atomic E-state index is 0.0462. The van der Waals surface area contributed by atoms with Gasteiger partial charge in [-0.15, -0.1) is 0 Å². The van der Waals surface area contributed by atoms with Gasteiger partial charge < -0.3 is 19.8 Å². The Hall–Kier alpha value is -1.89. The second-order valence-corrected chi connectivity index (χ2v) is 7.07. The first kappa shape index (κ1) is 18.4. The molecule has 1 heterocycles. The highest BCUT2D eigenvalue weighted by Crippen LogP contribution is 2.32. The number of furan rings is 1. The predicted molar refractivity (Wildman–Crippen MR) is 91.6 cm³/mol. The third-order valence-electron chi connectivity index (χ3n) is 2.71. The lowest BCUT2D eigenvalue weighted by Gasteiger charge is -2.26. The fourth-order valence-corrected chi connectivity index (χ4v) is 2.06. The van der Waals surface area contributed by atoms with E-state index in [9.17, 15) is 9.59 Å². The second-order valence-electron chi connectivity index (χ2n) is 4.70. The number of anilines is 1. The maximum absolute atomic E-state index is 12.0. The van der Waals surface area contributed by atoms with Crippen molar-refractivity contribution in [2.24, 2.45) is 0 Å². The van der Waals surface area contributed by atoms with Crippen LogP contribution in [0, 0.1) is 0 Å². The molecule has 2 amide bonds. The molecule has 2 rings (SSSR count). The van der Waals surface area contributed by atoms with Gasteiger partial charge in [-0.3, -0.25) is 9.59 Å². The summed E-state index contributed by atoms with van der Waals surface area (Å²) in [4.78, 5) is 23.1. The lowest BCUT2D eigenvalue weighted by molar-refractivity contribution is -0.114. The molecule has 2 aromatic rings. The van der Waals surface area contributed by atoms with Gasteiger partial charge in [-0.05, 0) is 24.3 Å². The summed E-state index contributed by atoms with van der Waals surface area (Å²) in [5, 5.41) is 5.03. The van der Waals surface area contributed by atoms with Gasteiger partial charge in [-0.1, -0.05) is 40.9 Å². The Bertz CT molecular complexity index is 714. The SMILES string of the molecule is CC(=O)Nc1cccc(O[C@@H](NC(=O)c2ccco2)C(Cl)(Cl)Cl)c1. The highest BCUT2D eigenvalue weighted by Gasteiger charge is 2.36. The van der Waals surface area contributed by atoms with Gasteiger partial charge in [-0.25, -0.2) is 0 Å². The summed E-state index contributed by atoms with van der Waals surface area (Å²) < 4.78 is 8.59. The Morgan fingerprint density at radius 3 is 2.54 bits per heavy atom. The molecule has 0 spiro atoms. The number of halogens is 3. The Labute approximate surface area is 153 Å². The summed E-state index contributed by atoms with van der Waals surface area (Å²) in [6.45, 7) is 1.38. The first-order valence-corrected chi connectivity index (χ1v) is 7.84. The molecule has 0 saturated heterocycles. The number of nitrogens with one attached hydrogen (secondary N) is 2. The number of amides is 2. The van der Waals surface area contributed by atoms with Crippen molar-refractivity contribution in [3.63, 3.8) is 0 Å². The molecule has 0 unspecified atom stereocenters. The van der Waals surface area contributed by atoms with Crippen molar-refractivity contribution < 1.29 is 18.7 Å². The molecule has 24 heavy (non-hydrogen) atoms. The summed E-state index contributed by atoms with van der Waals surface area (Å²) in [7, 11) is 0. The Kier molecular flexibility index (Phi) is 5.99. The quantitative estimate of drug-likeness (QED) is 0.601. The van der Waals surface area contributed by atoms with Gasteiger partial charge in [0.2, 0.25) is 15.9 Å². The van der Waals surface area contributed by atoms with E-state index in [1.54, 1.807) is 24.3 Å². The molecular weight excluding hydrogens is 379 g/mol. The first-order chi connectivity index (χ1) is 11.3. The van der Waals surface area contributed by atoms with Crippen LogP contribution in [0.5, 0.6) is 5.75 Å². The number of hydrogen-bond acceptors (Lipinski definition) is 4. The summed E-state index contributed by atoms with van der Waals surface area (Å²) in [5.41, 5.74) is 0.500. The van der Waals surface area contributed by atoms with Gasteiger partial charge in [0.05, 0.1) is 6.26 Å². The van der Waals surface area contributed by atoms with E-state index in [4.69, 9.17) is 44.0 Å². The third kappa shape index (κ3) is 5.33. The maximum atomic E-state index is 12.0. The molecule has 0 radical (unpaired) electrons. The molecule has 1 aromatic heterocycles. The first-order valence-electron chi connectivity index (χ1n) is 6.71. The number of ether oxygens (including phenoxy) is 1. The molecule has 0 aliphatic carbocycles. The number of carbonyl (C=O) groups excluding carboxylic acids is 2. The molecule has 9 heteroatoms. The highest BCUT2D eigenvalue weighted by molar-refractivity contribution is 6.68. The summed E-state index contributed by atoms with van der Waals surface area (Å²) in [6, 6.07) is 9.45. The molecule has 0 saturated carbocycles. The Morgan fingerprint density at radius 1 is 1.21 bits per heavy atom. The number of carbonyl (C=O) groups is 2. The number of alkyl halides is 3. The van der Waals surface area contributed by atoms with Crippen molar-refractivity contribution in [2.75, 3.05) is 5.32 Å². The molecule has 6 nitrogen and oxygen atoms in total. The van der Waals surface area contributed by atoms with E-state index < -0.39 is 15.9 Å². The van der Waals surface area contributed by atoms with E-state index in [0.717, 1.165) is 0 Å². The standard InChI is InChI=1S/C15H13Cl3N2O4/c1-9(21)19-10-4-2-5-11(8-10)24-14(15(16,17)18)20-13(22)12-6-3-7-23-12/h2-8,14H,1H3,(H,19,21)(H,20,22)/t14-/m1/s1. The number of benzene rings is 1. The fourth-order valence-electron chi connectivity index (χ4n) is 1.76. The van der Waals surface area contributed by atoms with Crippen LogP contribution in [0.2, 0.25) is 0 Å². The maximum Gasteiger partial charge on any atom is 0.289 e. The normalized spacial score (nSPS) is 12.3. The Morgan fingerprint density at radius 2 is 1.96 bits per heavy atom.